The third-order valence-corrected chi connectivity index (χ3v) is 4.22. The molecule has 0 radical (unpaired) electrons. The maximum Gasteiger partial charge on any atom is 0.203 e. The lowest BCUT2D eigenvalue weighted by atomic mass is 10.2. The average Bonchev–Trinajstić information content (AvgIpc) is 3.50. The van der Waals surface area contributed by atoms with Crippen molar-refractivity contribution in [1.82, 2.24) is 10.6 Å². The van der Waals surface area contributed by atoms with Crippen LogP contribution in [-0.4, -0.2) is 54.1 Å². The average molecular weight is 493 g/mol. The van der Waals surface area contributed by atoms with Gasteiger partial charge in [0.05, 0.1) is 21.3 Å². The van der Waals surface area contributed by atoms with E-state index in [1.807, 2.05) is 12.1 Å². The number of rotatable bonds is 11. The van der Waals surface area contributed by atoms with E-state index >= 15 is 0 Å². The van der Waals surface area contributed by atoms with Crippen LogP contribution in [0.5, 0.6) is 17.2 Å². The summed E-state index contributed by atoms with van der Waals surface area (Å²) in [7, 11) is 6.58. The van der Waals surface area contributed by atoms with E-state index in [-0.39, 0.29) is 24.0 Å². The van der Waals surface area contributed by atoms with E-state index in [2.05, 4.69) is 15.6 Å². The molecular formula is C19H32IN3O4. The second kappa shape index (κ2) is 12.9. The van der Waals surface area contributed by atoms with Gasteiger partial charge in [-0.1, -0.05) is 0 Å². The van der Waals surface area contributed by atoms with Gasteiger partial charge in [0.1, 0.15) is 0 Å². The number of benzene rings is 1. The summed E-state index contributed by atoms with van der Waals surface area (Å²) in [4.78, 5) is 4.24. The number of guanidine groups is 1. The van der Waals surface area contributed by atoms with Crippen molar-refractivity contribution in [2.75, 3.05) is 48.1 Å². The first-order valence-corrected chi connectivity index (χ1v) is 9.03. The molecule has 7 nitrogen and oxygen atoms in total. The topological polar surface area (TPSA) is 73.3 Å². The van der Waals surface area contributed by atoms with Gasteiger partial charge in [0.15, 0.2) is 17.5 Å². The summed E-state index contributed by atoms with van der Waals surface area (Å²) in [6.45, 7) is 3.11. The van der Waals surface area contributed by atoms with Crippen LogP contribution in [0.2, 0.25) is 0 Å². The van der Waals surface area contributed by atoms with Crippen LogP contribution in [0, 0.1) is 5.92 Å². The van der Waals surface area contributed by atoms with Gasteiger partial charge in [-0.3, -0.25) is 4.99 Å². The van der Waals surface area contributed by atoms with Gasteiger partial charge in [0, 0.05) is 33.4 Å². The molecule has 1 saturated carbocycles. The van der Waals surface area contributed by atoms with Crippen LogP contribution in [0.4, 0.5) is 0 Å². The van der Waals surface area contributed by atoms with Crippen LogP contribution in [0.25, 0.3) is 0 Å². The van der Waals surface area contributed by atoms with Gasteiger partial charge in [-0.25, -0.2) is 0 Å². The van der Waals surface area contributed by atoms with E-state index in [4.69, 9.17) is 18.9 Å². The highest BCUT2D eigenvalue weighted by molar-refractivity contribution is 14.0. The maximum absolute atomic E-state index is 5.64. The summed E-state index contributed by atoms with van der Waals surface area (Å²) in [6, 6.07) is 3.85. The molecule has 0 spiro atoms. The molecular weight excluding hydrogens is 461 g/mol. The second-order valence-electron chi connectivity index (χ2n) is 6.26. The Labute approximate surface area is 179 Å². The number of nitrogens with zero attached hydrogens (tertiary/aromatic N) is 1. The number of hydrogen-bond donors (Lipinski definition) is 2. The van der Waals surface area contributed by atoms with Crippen molar-refractivity contribution in [2.45, 2.75) is 25.8 Å². The predicted octanol–water partition coefficient (Wildman–Crippen LogP) is 2.81. The molecule has 0 amide bonds. The lowest BCUT2D eigenvalue weighted by molar-refractivity contribution is 0.123. The number of nitrogens with one attached hydrogen (secondary N) is 2. The molecule has 2 rings (SSSR count). The van der Waals surface area contributed by atoms with Crippen LogP contribution < -0.4 is 24.8 Å². The number of aliphatic imine (C=N–C) groups is 1. The number of halogens is 1. The summed E-state index contributed by atoms with van der Waals surface area (Å²) in [5.41, 5.74) is 1.01. The standard InChI is InChI=1S/C19H31N3O4.HI/c1-20-19(21-8-5-9-26-13-14-6-7-14)22-12-15-10-16(23-2)18(25-4)17(11-15)24-3;/h10-11,14H,5-9,12-13H2,1-4H3,(H2,20,21,22);1H. The summed E-state index contributed by atoms with van der Waals surface area (Å²) < 4.78 is 21.7. The zero-order valence-corrected chi connectivity index (χ0v) is 19.0. The van der Waals surface area contributed by atoms with Crippen LogP contribution in [-0.2, 0) is 11.3 Å². The summed E-state index contributed by atoms with van der Waals surface area (Å²) in [6.07, 6.45) is 3.61. The first-order chi connectivity index (χ1) is 12.7. The maximum atomic E-state index is 5.64. The minimum Gasteiger partial charge on any atom is -0.493 e. The monoisotopic (exact) mass is 493 g/mol. The molecule has 0 aliphatic heterocycles. The Kier molecular flexibility index (Phi) is 11.3. The number of hydrogen-bond acceptors (Lipinski definition) is 5. The van der Waals surface area contributed by atoms with E-state index in [0.29, 0.717) is 23.8 Å². The summed E-state index contributed by atoms with van der Waals surface area (Å²) in [5.74, 6) is 3.43. The van der Waals surface area contributed by atoms with Crippen molar-refractivity contribution >= 4 is 29.9 Å². The van der Waals surface area contributed by atoms with Crippen LogP contribution in [0.3, 0.4) is 0 Å². The Bertz CT molecular complexity index is 569. The Hall–Kier alpha value is -1.42. The zero-order chi connectivity index (χ0) is 18.8. The predicted molar refractivity (Wildman–Crippen MR) is 118 cm³/mol. The van der Waals surface area contributed by atoms with Crippen molar-refractivity contribution < 1.29 is 18.9 Å². The normalized spacial score (nSPS) is 13.6. The quantitative estimate of drug-likeness (QED) is 0.214. The van der Waals surface area contributed by atoms with E-state index in [1.165, 1.54) is 12.8 Å². The zero-order valence-electron chi connectivity index (χ0n) is 16.7. The third-order valence-electron chi connectivity index (χ3n) is 4.22. The fourth-order valence-electron chi connectivity index (χ4n) is 2.56. The number of methoxy groups -OCH3 is 3. The molecule has 2 N–H and O–H groups in total. The van der Waals surface area contributed by atoms with Gasteiger partial charge in [-0.05, 0) is 42.9 Å². The first kappa shape index (κ1) is 23.6. The van der Waals surface area contributed by atoms with Crippen molar-refractivity contribution in [3.8, 4) is 17.2 Å². The molecule has 0 heterocycles. The highest BCUT2D eigenvalue weighted by Crippen LogP contribution is 2.38. The molecule has 0 unspecified atom stereocenters. The molecule has 1 aromatic rings. The third kappa shape index (κ3) is 8.00. The highest BCUT2D eigenvalue weighted by atomic mass is 127. The molecule has 154 valence electrons. The Morgan fingerprint density at radius 2 is 1.74 bits per heavy atom. The van der Waals surface area contributed by atoms with Crippen molar-refractivity contribution in [2.24, 2.45) is 10.9 Å². The molecule has 8 heteroatoms. The Morgan fingerprint density at radius 1 is 1.07 bits per heavy atom. The van der Waals surface area contributed by atoms with Gasteiger partial charge in [0.25, 0.3) is 0 Å². The molecule has 0 aromatic heterocycles. The molecule has 27 heavy (non-hydrogen) atoms. The SMILES string of the molecule is CN=C(NCCCOCC1CC1)NCc1cc(OC)c(OC)c(OC)c1.I. The fourth-order valence-corrected chi connectivity index (χ4v) is 2.56. The van der Waals surface area contributed by atoms with Crippen molar-refractivity contribution in [3.63, 3.8) is 0 Å². The minimum absolute atomic E-state index is 0. The second-order valence-corrected chi connectivity index (χ2v) is 6.26. The van der Waals surface area contributed by atoms with Crippen molar-refractivity contribution in [1.29, 1.82) is 0 Å². The molecule has 1 aromatic carbocycles. The molecule has 1 aliphatic rings. The first-order valence-electron chi connectivity index (χ1n) is 9.03. The van der Waals surface area contributed by atoms with Gasteiger partial charge in [-0.15, -0.1) is 24.0 Å². The lowest BCUT2D eigenvalue weighted by Crippen LogP contribution is -2.37. The highest BCUT2D eigenvalue weighted by Gasteiger charge is 2.20. The Balaban J connectivity index is 0.00000364. The van der Waals surface area contributed by atoms with Crippen molar-refractivity contribution in [3.05, 3.63) is 17.7 Å². The molecule has 0 bridgehead atoms. The molecule has 1 fully saturated rings. The summed E-state index contributed by atoms with van der Waals surface area (Å²) in [5, 5.41) is 6.59. The largest absolute Gasteiger partial charge is 0.493 e. The van der Waals surface area contributed by atoms with Gasteiger partial charge in [0.2, 0.25) is 5.75 Å². The molecule has 0 atom stereocenters. The van der Waals surface area contributed by atoms with E-state index < -0.39 is 0 Å². The lowest BCUT2D eigenvalue weighted by Gasteiger charge is -2.16. The van der Waals surface area contributed by atoms with Crippen LogP contribution in [0.1, 0.15) is 24.8 Å². The minimum atomic E-state index is 0. The van der Waals surface area contributed by atoms with Crippen LogP contribution in [0.15, 0.2) is 17.1 Å². The number of ether oxygens (including phenoxy) is 4. The van der Waals surface area contributed by atoms with Gasteiger partial charge >= 0.3 is 0 Å². The fraction of sp³-hybridized carbons (Fsp3) is 0.632. The van der Waals surface area contributed by atoms with E-state index in [0.717, 1.165) is 43.6 Å². The summed E-state index contributed by atoms with van der Waals surface area (Å²) >= 11 is 0. The Morgan fingerprint density at radius 3 is 2.26 bits per heavy atom. The van der Waals surface area contributed by atoms with Gasteiger partial charge < -0.3 is 29.6 Å². The molecule has 0 saturated heterocycles. The van der Waals surface area contributed by atoms with E-state index in [1.54, 1.807) is 28.4 Å². The molecule has 1 aliphatic carbocycles. The van der Waals surface area contributed by atoms with Crippen LogP contribution >= 0.6 is 24.0 Å². The van der Waals surface area contributed by atoms with E-state index in [9.17, 15) is 0 Å². The smallest absolute Gasteiger partial charge is 0.203 e. The van der Waals surface area contributed by atoms with Gasteiger partial charge in [-0.2, -0.15) is 0 Å².